The predicted molar refractivity (Wildman–Crippen MR) is 135 cm³/mol. The third-order valence-corrected chi connectivity index (χ3v) is 7.00. The standard InChI is InChI=1S/C27H23F2N3O3S/c1-15-20-7-8-30-24(20)12-23(29)26(15)35-18-3-5-22(28)21(11-18)27-31-13-17(32-27)9-16-10-19(36-14-16)4-6-25(33)34-2/h3,5,7-8,10-14,30H,4,6,9H2,1-2H3,(H,31,32). The van der Waals surface area contributed by atoms with Crippen molar-refractivity contribution in [3.8, 4) is 22.9 Å². The molecule has 5 rings (SSSR count). The van der Waals surface area contributed by atoms with E-state index in [1.807, 2.05) is 17.5 Å². The molecule has 5 aromatic rings. The Morgan fingerprint density at radius 3 is 2.83 bits per heavy atom. The van der Waals surface area contributed by atoms with E-state index in [1.165, 1.54) is 31.4 Å². The summed E-state index contributed by atoms with van der Waals surface area (Å²) in [4.78, 5) is 23.0. The number of aromatic amines is 2. The molecule has 0 fully saturated rings. The summed E-state index contributed by atoms with van der Waals surface area (Å²) in [5.41, 5.74) is 3.44. The summed E-state index contributed by atoms with van der Waals surface area (Å²) in [6.45, 7) is 1.78. The molecule has 184 valence electrons. The highest BCUT2D eigenvalue weighted by molar-refractivity contribution is 7.10. The Morgan fingerprint density at radius 2 is 2.00 bits per heavy atom. The van der Waals surface area contributed by atoms with Gasteiger partial charge < -0.3 is 19.4 Å². The molecule has 0 aliphatic rings. The highest BCUT2D eigenvalue weighted by Gasteiger charge is 2.16. The fraction of sp³-hybridized carbons (Fsp3) is 0.185. The first-order chi connectivity index (χ1) is 17.4. The number of nitrogens with one attached hydrogen (secondary N) is 2. The summed E-state index contributed by atoms with van der Waals surface area (Å²) < 4.78 is 40.0. The minimum absolute atomic E-state index is 0.0975. The summed E-state index contributed by atoms with van der Waals surface area (Å²) in [6, 6.07) is 9.53. The van der Waals surface area contributed by atoms with Gasteiger partial charge in [0.05, 0.1) is 19.1 Å². The molecule has 3 heterocycles. The van der Waals surface area contributed by atoms with E-state index >= 15 is 0 Å². The molecule has 2 aromatic carbocycles. The van der Waals surface area contributed by atoms with Gasteiger partial charge in [-0.1, -0.05) is 0 Å². The lowest BCUT2D eigenvalue weighted by Crippen LogP contribution is -2.00. The number of halogens is 2. The summed E-state index contributed by atoms with van der Waals surface area (Å²) in [5, 5.41) is 2.88. The maximum Gasteiger partial charge on any atom is 0.305 e. The Balaban J connectivity index is 1.34. The highest BCUT2D eigenvalue weighted by Crippen LogP contribution is 2.35. The normalized spacial score (nSPS) is 11.2. The van der Waals surface area contributed by atoms with Gasteiger partial charge in [0, 0.05) is 51.9 Å². The van der Waals surface area contributed by atoms with Crippen LogP contribution in [0.25, 0.3) is 22.3 Å². The number of rotatable bonds is 8. The van der Waals surface area contributed by atoms with Crippen LogP contribution in [0.5, 0.6) is 11.5 Å². The number of methoxy groups -OCH3 is 1. The minimum atomic E-state index is -0.504. The number of benzene rings is 2. The summed E-state index contributed by atoms with van der Waals surface area (Å²) >= 11 is 1.58. The average Bonchev–Trinajstić information content (AvgIpc) is 3.63. The number of aryl methyl sites for hydroxylation is 2. The van der Waals surface area contributed by atoms with E-state index < -0.39 is 11.6 Å². The van der Waals surface area contributed by atoms with Gasteiger partial charge in [-0.2, -0.15) is 0 Å². The number of carbonyl (C=O) groups excluding carboxylic acids is 1. The maximum atomic E-state index is 14.7. The zero-order valence-corrected chi connectivity index (χ0v) is 20.5. The van der Waals surface area contributed by atoms with Crippen LogP contribution in [0.2, 0.25) is 0 Å². The molecule has 0 atom stereocenters. The Kier molecular flexibility index (Phi) is 6.56. The van der Waals surface area contributed by atoms with Crippen molar-refractivity contribution >= 4 is 28.2 Å². The molecule has 0 unspecified atom stereocenters. The van der Waals surface area contributed by atoms with E-state index in [4.69, 9.17) is 4.74 Å². The summed E-state index contributed by atoms with van der Waals surface area (Å²) in [6.07, 6.45) is 4.95. The molecule has 2 N–H and O–H groups in total. The van der Waals surface area contributed by atoms with Crippen molar-refractivity contribution in [2.75, 3.05) is 7.11 Å². The first kappa shape index (κ1) is 23.7. The van der Waals surface area contributed by atoms with E-state index in [1.54, 1.807) is 30.7 Å². The van der Waals surface area contributed by atoms with Crippen LogP contribution in [0.4, 0.5) is 8.78 Å². The molecule has 0 saturated heterocycles. The van der Waals surface area contributed by atoms with Crippen LogP contribution in [0.3, 0.4) is 0 Å². The molecular formula is C27H23F2N3O3S. The molecular weight excluding hydrogens is 484 g/mol. The molecule has 0 amide bonds. The molecule has 6 nitrogen and oxygen atoms in total. The van der Waals surface area contributed by atoms with Crippen LogP contribution in [0.15, 0.2) is 54.2 Å². The van der Waals surface area contributed by atoms with Crippen molar-refractivity contribution in [3.05, 3.63) is 87.5 Å². The Hall–Kier alpha value is -3.98. The largest absolute Gasteiger partial charge is 0.469 e. The molecule has 0 radical (unpaired) electrons. The van der Waals surface area contributed by atoms with Gasteiger partial charge in [-0.3, -0.25) is 4.79 Å². The van der Waals surface area contributed by atoms with Gasteiger partial charge in [0.2, 0.25) is 0 Å². The second-order valence-electron chi connectivity index (χ2n) is 8.43. The number of aromatic nitrogens is 3. The summed E-state index contributed by atoms with van der Waals surface area (Å²) in [7, 11) is 1.38. The van der Waals surface area contributed by atoms with Crippen molar-refractivity contribution in [2.45, 2.75) is 26.2 Å². The first-order valence-electron chi connectivity index (χ1n) is 11.3. The fourth-order valence-electron chi connectivity index (χ4n) is 4.10. The van der Waals surface area contributed by atoms with Crippen LogP contribution < -0.4 is 4.74 Å². The molecule has 0 aliphatic carbocycles. The van der Waals surface area contributed by atoms with Gasteiger partial charge in [-0.05, 0) is 54.6 Å². The average molecular weight is 508 g/mol. The fourth-order valence-corrected chi connectivity index (χ4v) is 4.99. The molecule has 36 heavy (non-hydrogen) atoms. The lowest BCUT2D eigenvalue weighted by atomic mass is 10.1. The van der Waals surface area contributed by atoms with Gasteiger partial charge in [0.15, 0.2) is 11.6 Å². The summed E-state index contributed by atoms with van der Waals surface area (Å²) in [5.74, 6) is -0.459. The zero-order chi connectivity index (χ0) is 25.2. The second-order valence-corrected chi connectivity index (χ2v) is 9.42. The molecule has 0 saturated carbocycles. The second kappa shape index (κ2) is 9.94. The third kappa shape index (κ3) is 4.87. The molecule has 0 spiro atoms. The number of esters is 1. The SMILES string of the molecule is COC(=O)CCc1cc(Cc2cnc(-c3cc(Oc4c(F)cc5[nH]ccc5c4C)ccc3F)[nH]2)cs1. The van der Waals surface area contributed by atoms with Gasteiger partial charge in [0.25, 0.3) is 0 Å². The van der Waals surface area contributed by atoms with E-state index in [0.717, 1.165) is 21.5 Å². The Bertz CT molecular complexity index is 1550. The molecule has 0 aliphatic heterocycles. The van der Waals surface area contributed by atoms with Crippen molar-refractivity contribution in [1.82, 2.24) is 15.0 Å². The van der Waals surface area contributed by atoms with E-state index in [-0.39, 0.29) is 17.3 Å². The maximum absolute atomic E-state index is 14.7. The number of hydrogen-bond acceptors (Lipinski definition) is 5. The number of thiophene rings is 1. The van der Waals surface area contributed by atoms with Crippen molar-refractivity contribution in [3.63, 3.8) is 0 Å². The van der Waals surface area contributed by atoms with Crippen LogP contribution in [0, 0.1) is 18.6 Å². The lowest BCUT2D eigenvalue weighted by molar-refractivity contribution is -0.140. The highest BCUT2D eigenvalue weighted by atomic mass is 32.1. The van der Waals surface area contributed by atoms with Crippen LogP contribution in [-0.2, 0) is 22.4 Å². The number of H-pyrrole nitrogens is 2. The smallest absolute Gasteiger partial charge is 0.305 e. The van der Waals surface area contributed by atoms with Gasteiger partial charge in [-0.25, -0.2) is 13.8 Å². The van der Waals surface area contributed by atoms with Crippen molar-refractivity contribution in [1.29, 1.82) is 0 Å². The number of ether oxygens (including phenoxy) is 2. The third-order valence-electron chi connectivity index (χ3n) is 5.96. The molecule has 9 heteroatoms. The number of imidazole rings is 1. The van der Waals surface area contributed by atoms with Crippen molar-refractivity contribution in [2.24, 2.45) is 0 Å². The van der Waals surface area contributed by atoms with Gasteiger partial charge in [0.1, 0.15) is 17.4 Å². The number of hydrogen-bond donors (Lipinski definition) is 2. The van der Waals surface area contributed by atoms with Crippen molar-refractivity contribution < 1.29 is 23.0 Å². The number of fused-ring (bicyclic) bond motifs is 1. The van der Waals surface area contributed by atoms with Crippen LogP contribution >= 0.6 is 11.3 Å². The van der Waals surface area contributed by atoms with E-state index in [0.29, 0.717) is 41.9 Å². The molecule has 0 bridgehead atoms. The van der Waals surface area contributed by atoms with Crippen LogP contribution in [-0.4, -0.2) is 28.0 Å². The number of nitrogens with zero attached hydrogens (tertiary/aromatic N) is 1. The number of carbonyl (C=O) groups is 1. The lowest BCUT2D eigenvalue weighted by Gasteiger charge is -2.12. The molecule has 3 aromatic heterocycles. The Morgan fingerprint density at radius 1 is 1.14 bits per heavy atom. The Labute approximate surface area is 209 Å². The predicted octanol–water partition coefficient (Wildman–Crippen LogP) is 6.69. The monoisotopic (exact) mass is 507 g/mol. The zero-order valence-electron chi connectivity index (χ0n) is 19.7. The van der Waals surface area contributed by atoms with E-state index in [9.17, 15) is 13.6 Å². The van der Waals surface area contributed by atoms with Gasteiger partial charge >= 0.3 is 5.97 Å². The quantitative estimate of drug-likeness (QED) is 0.229. The van der Waals surface area contributed by atoms with Gasteiger partial charge in [-0.15, -0.1) is 11.3 Å². The van der Waals surface area contributed by atoms with E-state index in [2.05, 4.69) is 19.7 Å². The van der Waals surface area contributed by atoms with Crippen LogP contribution in [0.1, 0.15) is 28.1 Å². The topological polar surface area (TPSA) is 80.0 Å². The minimum Gasteiger partial charge on any atom is -0.469 e. The first-order valence-corrected chi connectivity index (χ1v) is 12.2.